The summed E-state index contributed by atoms with van der Waals surface area (Å²) in [6.07, 6.45) is 4.17. The fourth-order valence-electron chi connectivity index (χ4n) is 2.32. The van der Waals surface area contributed by atoms with Crippen molar-refractivity contribution < 1.29 is 14.3 Å². The Balaban J connectivity index is 1.97. The Morgan fingerprint density at radius 1 is 1.00 bits per heavy atom. The highest BCUT2D eigenvalue weighted by molar-refractivity contribution is 6.33. The van der Waals surface area contributed by atoms with Gasteiger partial charge in [-0.1, -0.05) is 56.0 Å². The van der Waals surface area contributed by atoms with Gasteiger partial charge in [0.25, 0.3) is 5.91 Å². The van der Waals surface area contributed by atoms with Gasteiger partial charge in [0.05, 0.1) is 22.9 Å². The predicted molar refractivity (Wildman–Crippen MR) is 100 cm³/mol. The molecule has 2 rings (SSSR count). The summed E-state index contributed by atoms with van der Waals surface area (Å²) < 4.78 is 5.26. The molecule has 0 saturated heterocycles. The molecule has 132 valence electrons. The molecule has 0 atom stereocenters. The van der Waals surface area contributed by atoms with Crippen LogP contribution in [0.1, 0.15) is 53.3 Å². The number of rotatable bonds is 8. The number of carbonyl (C=O) groups is 2. The summed E-state index contributed by atoms with van der Waals surface area (Å²) >= 11 is 6.04. The summed E-state index contributed by atoms with van der Waals surface area (Å²) in [6.45, 7) is 2.53. The van der Waals surface area contributed by atoms with Gasteiger partial charge >= 0.3 is 5.97 Å². The minimum Gasteiger partial charge on any atom is -0.462 e. The van der Waals surface area contributed by atoms with Crippen LogP contribution in [0.4, 0.5) is 5.69 Å². The number of para-hydroxylation sites is 1. The second-order valence-corrected chi connectivity index (χ2v) is 6.12. The summed E-state index contributed by atoms with van der Waals surface area (Å²) in [4.78, 5) is 24.4. The van der Waals surface area contributed by atoms with Crippen molar-refractivity contribution in [2.75, 3.05) is 11.9 Å². The van der Waals surface area contributed by atoms with E-state index in [0.29, 0.717) is 28.4 Å². The van der Waals surface area contributed by atoms with Gasteiger partial charge in [-0.05, 0) is 36.8 Å². The number of ether oxygens (including phenoxy) is 1. The number of nitrogens with one attached hydrogen (secondary N) is 1. The molecular weight excluding hydrogens is 338 g/mol. The highest BCUT2D eigenvalue weighted by atomic mass is 35.5. The van der Waals surface area contributed by atoms with E-state index in [2.05, 4.69) is 12.2 Å². The molecule has 1 amide bonds. The SMILES string of the molecule is CCCCCCOC(=O)c1cccc(C(=O)Nc2ccccc2Cl)c1. The van der Waals surface area contributed by atoms with E-state index in [1.54, 1.807) is 42.5 Å². The smallest absolute Gasteiger partial charge is 0.338 e. The number of benzene rings is 2. The quantitative estimate of drug-likeness (QED) is 0.512. The van der Waals surface area contributed by atoms with Gasteiger partial charge in [0.1, 0.15) is 0 Å². The topological polar surface area (TPSA) is 55.4 Å². The number of esters is 1. The number of anilines is 1. The van der Waals surface area contributed by atoms with Crippen molar-refractivity contribution in [2.24, 2.45) is 0 Å². The molecule has 2 aromatic rings. The molecule has 2 aromatic carbocycles. The third kappa shape index (κ3) is 5.91. The molecule has 0 spiro atoms. The van der Waals surface area contributed by atoms with Crippen LogP contribution < -0.4 is 5.32 Å². The van der Waals surface area contributed by atoms with E-state index < -0.39 is 5.97 Å². The first-order chi connectivity index (χ1) is 12.1. The fraction of sp³-hybridized carbons (Fsp3) is 0.300. The van der Waals surface area contributed by atoms with Gasteiger partial charge in [-0.25, -0.2) is 4.79 Å². The summed E-state index contributed by atoms with van der Waals surface area (Å²) in [5.41, 5.74) is 1.26. The van der Waals surface area contributed by atoms with Crippen LogP contribution in [0.25, 0.3) is 0 Å². The van der Waals surface area contributed by atoms with E-state index in [1.165, 1.54) is 6.07 Å². The second-order valence-electron chi connectivity index (χ2n) is 5.71. The predicted octanol–water partition coefficient (Wildman–Crippen LogP) is 5.33. The van der Waals surface area contributed by atoms with Gasteiger partial charge in [0.2, 0.25) is 0 Å². The monoisotopic (exact) mass is 359 g/mol. The van der Waals surface area contributed by atoms with Crippen molar-refractivity contribution in [1.29, 1.82) is 0 Å². The largest absolute Gasteiger partial charge is 0.462 e. The molecule has 0 saturated carbocycles. The Morgan fingerprint density at radius 2 is 1.76 bits per heavy atom. The first-order valence-electron chi connectivity index (χ1n) is 8.45. The Labute approximate surface area is 153 Å². The molecule has 0 unspecified atom stereocenters. The average Bonchev–Trinajstić information content (AvgIpc) is 2.63. The molecule has 0 heterocycles. The maximum Gasteiger partial charge on any atom is 0.338 e. The zero-order chi connectivity index (χ0) is 18.1. The minimum atomic E-state index is -0.413. The lowest BCUT2D eigenvalue weighted by Crippen LogP contribution is -2.14. The van der Waals surface area contributed by atoms with E-state index in [4.69, 9.17) is 16.3 Å². The van der Waals surface area contributed by atoms with Crippen LogP contribution >= 0.6 is 11.6 Å². The Hall–Kier alpha value is -2.33. The Kier molecular flexibility index (Phi) is 7.48. The number of hydrogen-bond acceptors (Lipinski definition) is 3. The molecule has 0 aliphatic heterocycles. The molecule has 1 N–H and O–H groups in total. The highest BCUT2D eigenvalue weighted by Gasteiger charge is 2.12. The molecular formula is C20H22ClNO3. The van der Waals surface area contributed by atoms with E-state index in [1.807, 2.05) is 0 Å². The van der Waals surface area contributed by atoms with Crippen molar-refractivity contribution in [3.8, 4) is 0 Å². The van der Waals surface area contributed by atoms with Gasteiger partial charge in [-0.3, -0.25) is 4.79 Å². The molecule has 4 nitrogen and oxygen atoms in total. The fourth-order valence-corrected chi connectivity index (χ4v) is 2.50. The van der Waals surface area contributed by atoms with E-state index >= 15 is 0 Å². The molecule has 0 aromatic heterocycles. The lowest BCUT2D eigenvalue weighted by Gasteiger charge is -2.08. The number of unbranched alkanes of at least 4 members (excludes halogenated alkanes) is 3. The molecule has 0 radical (unpaired) electrons. The molecule has 5 heteroatoms. The first kappa shape index (κ1) is 19.0. The van der Waals surface area contributed by atoms with Crippen LogP contribution in [0.3, 0.4) is 0 Å². The minimum absolute atomic E-state index is 0.328. The van der Waals surface area contributed by atoms with Gasteiger partial charge in [-0.15, -0.1) is 0 Å². The summed E-state index contributed by atoms with van der Waals surface area (Å²) in [5.74, 6) is -0.741. The molecule has 25 heavy (non-hydrogen) atoms. The van der Waals surface area contributed by atoms with Crippen molar-refractivity contribution in [3.63, 3.8) is 0 Å². The molecule has 0 aliphatic carbocycles. The summed E-state index contributed by atoms with van der Waals surface area (Å²) in [7, 11) is 0. The van der Waals surface area contributed by atoms with Gasteiger partial charge < -0.3 is 10.1 Å². The van der Waals surface area contributed by atoms with Crippen LogP contribution in [0.15, 0.2) is 48.5 Å². The van der Waals surface area contributed by atoms with Crippen LogP contribution in [0.5, 0.6) is 0 Å². The average molecular weight is 360 g/mol. The van der Waals surface area contributed by atoms with Crippen molar-refractivity contribution in [3.05, 3.63) is 64.7 Å². The zero-order valence-corrected chi connectivity index (χ0v) is 15.0. The third-order valence-electron chi connectivity index (χ3n) is 3.71. The molecule has 0 bridgehead atoms. The molecule has 0 fully saturated rings. The van der Waals surface area contributed by atoms with Crippen molar-refractivity contribution in [1.82, 2.24) is 0 Å². The van der Waals surface area contributed by atoms with Crippen LogP contribution in [0.2, 0.25) is 5.02 Å². The van der Waals surface area contributed by atoms with E-state index in [9.17, 15) is 9.59 Å². The lowest BCUT2D eigenvalue weighted by molar-refractivity contribution is 0.0498. The number of halogens is 1. The first-order valence-corrected chi connectivity index (χ1v) is 8.82. The highest BCUT2D eigenvalue weighted by Crippen LogP contribution is 2.21. The second kappa shape index (κ2) is 9.84. The maximum absolute atomic E-state index is 12.4. The van der Waals surface area contributed by atoms with E-state index in [0.717, 1.165) is 25.7 Å². The van der Waals surface area contributed by atoms with E-state index in [-0.39, 0.29) is 5.91 Å². The maximum atomic E-state index is 12.4. The summed E-state index contributed by atoms with van der Waals surface area (Å²) in [5, 5.41) is 3.19. The number of carbonyl (C=O) groups excluding carboxylic acids is 2. The number of amides is 1. The zero-order valence-electron chi connectivity index (χ0n) is 14.3. The van der Waals surface area contributed by atoms with Gasteiger partial charge in [0, 0.05) is 5.56 Å². The number of hydrogen-bond donors (Lipinski definition) is 1. The van der Waals surface area contributed by atoms with Crippen molar-refractivity contribution in [2.45, 2.75) is 32.6 Å². The van der Waals surface area contributed by atoms with Crippen LogP contribution in [-0.2, 0) is 4.74 Å². The van der Waals surface area contributed by atoms with Gasteiger partial charge in [0.15, 0.2) is 0 Å². The standard InChI is InChI=1S/C20H22ClNO3/c1-2-3-4-7-13-25-20(24)16-10-8-9-15(14-16)19(23)22-18-12-6-5-11-17(18)21/h5-6,8-12,14H,2-4,7,13H2,1H3,(H,22,23). The summed E-state index contributed by atoms with van der Waals surface area (Å²) in [6, 6.07) is 13.5. The van der Waals surface area contributed by atoms with Crippen LogP contribution in [0, 0.1) is 0 Å². The normalized spacial score (nSPS) is 10.3. The van der Waals surface area contributed by atoms with Crippen LogP contribution in [-0.4, -0.2) is 18.5 Å². The van der Waals surface area contributed by atoms with Gasteiger partial charge in [-0.2, -0.15) is 0 Å². The third-order valence-corrected chi connectivity index (χ3v) is 4.04. The Morgan fingerprint density at radius 3 is 2.52 bits per heavy atom. The lowest BCUT2D eigenvalue weighted by atomic mass is 10.1. The van der Waals surface area contributed by atoms with Crippen molar-refractivity contribution >= 4 is 29.2 Å². The molecule has 0 aliphatic rings. The Bertz CT molecular complexity index is 730.